The highest BCUT2D eigenvalue weighted by Crippen LogP contribution is 2.18. The summed E-state index contributed by atoms with van der Waals surface area (Å²) < 4.78 is 10.6. The topological polar surface area (TPSA) is 88.7 Å². The molecule has 1 fully saturated rings. The van der Waals surface area contributed by atoms with E-state index in [1.54, 1.807) is 7.11 Å². The Balaban J connectivity index is 1.97. The summed E-state index contributed by atoms with van der Waals surface area (Å²) in [4.78, 5) is 24.3. The zero-order chi connectivity index (χ0) is 18.1. The molecular weight excluding hydrogens is 322 g/mol. The average Bonchev–Trinajstić information content (AvgIpc) is 2.80. The van der Waals surface area contributed by atoms with Gasteiger partial charge in [0.15, 0.2) is 0 Å². The van der Waals surface area contributed by atoms with Crippen molar-refractivity contribution in [1.29, 1.82) is 0 Å². The number of benzene rings is 1. The monoisotopic (exact) mass is 349 g/mol. The first kappa shape index (κ1) is 19.1. The van der Waals surface area contributed by atoms with Crippen LogP contribution in [0.1, 0.15) is 37.8 Å². The molecule has 0 spiro atoms. The largest absolute Gasteiger partial charge is 0.494 e. The van der Waals surface area contributed by atoms with Gasteiger partial charge in [0.1, 0.15) is 11.8 Å². The summed E-state index contributed by atoms with van der Waals surface area (Å²) in [6.07, 6.45) is 2.49. The summed E-state index contributed by atoms with van der Waals surface area (Å²) in [6, 6.07) is 6.33. The van der Waals surface area contributed by atoms with Crippen molar-refractivity contribution >= 4 is 11.9 Å². The van der Waals surface area contributed by atoms with Gasteiger partial charge >= 0.3 is 6.03 Å². The quantitative estimate of drug-likeness (QED) is 0.700. The van der Waals surface area contributed by atoms with Gasteiger partial charge in [0, 0.05) is 13.7 Å². The van der Waals surface area contributed by atoms with Crippen molar-refractivity contribution in [2.24, 2.45) is 0 Å². The molecule has 1 heterocycles. The normalized spacial score (nSPS) is 18.6. The van der Waals surface area contributed by atoms with Crippen LogP contribution in [0.25, 0.3) is 0 Å². The third kappa shape index (κ3) is 5.94. The first-order valence-electron chi connectivity index (χ1n) is 8.70. The minimum absolute atomic E-state index is 0.128. The molecule has 1 aliphatic rings. The van der Waals surface area contributed by atoms with Crippen LogP contribution in [0.5, 0.6) is 5.75 Å². The van der Waals surface area contributed by atoms with E-state index in [0.717, 1.165) is 24.2 Å². The summed E-state index contributed by atoms with van der Waals surface area (Å²) in [5.74, 6) is 0.652. The van der Waals surface area contributed by atoms with Gasteiger partial charge in [-0.2, -0.15) is 0 Å². The summed E-state index contributed by atoms with van der Waals surface area (Å²) in [6.45, 7) is 3.53. The minimum Gasteiger partial charge on any atom is -0.494 e. The van der Waals surface area contributed by atoms with Crippen molar-refractivity contribution in [3.63, 3.8) is 0 Å². The number of nitrogens with one attached hydrogen (secondary N) is 3. The van der Waals surface area contributed by atoms with Crippen LogP contribution >= 0.6 is 0 Å². The standard InChI is InChI=1S/C18H27N3O4/c1-3-25-14-9-7-13(8-10-14)16(12-24-2)21-18(23)20-15-6-4-5-11-19-17(15)22/h7-10,15-16H,3-6,11-12H2,1-2H3,(H,19,22)(H2,20,21,23). The summed E-state index contributed by atoms with van der Waals surface area (Å²) in [5, 5.41) is 8.44. The molecule has 2 unspecified atom stereocenters. The SMILES string of the molecule is CCOc1ccc(C(COC)NC(=O)NC2CCCCNC2=O)cc1. The van der Waals surface area contributed by atoms with E-state index in [1.807, 2.05) is 31.2 Å². The molecular formula is C18H27N3O4. The van der Waals surface area contributed by atoms with Crippen molar-refractivity contribution in [3.8, 4) is 5.75 Å². The lowest BCUT2D eigenvalue weighted by atomic mass is 10.1. The highest BCUT2D eigenvalue weighted by Gasteiger charge is 2.23. The molecule has 2 rings (SSSR count). The second-order valence-corrected chi connectivity index (χ2v) is 5.97. The zero-order valence-electron chi connectivity index (χ0n) is 14.8. The maximum Gasteiger partial charge on any atom is 0.316 e. The summed E-state index contributed by atoms with van der Waals surface area (Å²) in [5.41, 5.74) is 0.908. The van der Waals surface area contributed by atoms with Crippen LogP contribution in [-0.2, 0) is 9.53 Å². The number of amides is 3. The Hall–Kier alpha value is -2.28. The maximum atomic E-state index is 12.3. The second kappa shape index (κ2) is 9.88. The molecule has 2 atom stereocenters. The molecule has 0 aliphatic carbocycles. The van der Waals surface area contributed by atoms with Gasteiger partial charge in [-0.15, -0.1) is 0 Å². The molecule has 1 aromatic rings. The van der Waals surface area contributed by atoms with Gasteiger partial charge in [0.05, 0.1) is 19.3 Å². The van der Waals surface area contributed by atoms with E-state index in [1.165, 1.54) is 0 Å². The number of hydrogen-bond acceptors (Lipinski definition) is 4. The van der Waals surface area contributed by atoms with E-state index in [2.05, 4.69) is 16.0 Å². The van der Waals surface area contributed by atoms with E-state index in [-0.39, 0.29) is 18.0 Å². The Morgan fingerprint density at radius 2 is 2.08 bits per heavy atom. The van der Waals surface area contributed by atoms with Gasteiger partial charge in [-0.3, -0.25) is 4.79 Å². The van der Waals surface area contributed by atoms with Gasteiger partial charge < -0.3 is 25.4 Å². The van der Waals surface area contributed by atoms with Crippen molar-refractivity contribution in [2.75, 3.05) is 26.9 Å². The fraction of sp³-hybridized carbons (Fsp3) is 0.556. The molecule has 1 aromatic carbocycles. The van der Waals surface area contributed by atoms with E-state index in [9.17, 15) is 9.59 Å². The van der Waals surface area contributed by atoms with Crippen molar-refractivity contribution in [1.82, 2.24) is 16.0 Å². The maximum absolute atomic E-state index is 12.3. The third-order valence-corrected chi connectivity index (χ3v) is 4.07. The van der Waals surface area contributed by atoms with Gasteiger partial charge in [-0.05, 0) is 43.9 Å². The summed E-state index contributed by atoms with van der Waals surface area (Å²) >= 11 is 0. The molecule has 7 nitrogen and oxygen atoms in total. The fourth-order valence-corrected chi connectivity index (χ4v) is 2.79. The van der Waals surface area contributed by atoms with E-state index < -0.39 is 6.04 Å². The zero-order valence-corrected chi connectivity index (χ0v) is 14.8. The minimum atomic E-state index is -0.494. The van der Waals surface area contributed by atoms with E-state index in [0.29, 0.717) is 26.2 Å². The van der Waals surface area contributed by atoms with Crippen LogP contribution in [0.3, 0.4) is 0 Å². The molecule has 0 radical (unpaired) electrons. The lowest BCUT2D eigenvalue weighted by Gasteiger charge is -2.21. The Morgan fingerprint density at radius 1 is 1.32 bits per heavy atom. The Bertz CT molecular complexity index is 562. The van der Waals surface area contributed by atoms with Crippen molar-refractivity contribution in [2.45, 2.75) is 38.3 Å². The van der Waals surface area contributed by atoms with Crippen molar-refractivity contribution < 1.29 is 19.1 Å². The Morgan fingerprint density at radius 3 is 2.76 bits per heavy atom. The molecule has 1 aliphatic heterocycles. The highest BCUT2D eigenvalue weighted by atomic mass is 16.5. The Labute approximate surface area is 148 Å². The number of carbonyl (C=O) groups excluding carboxylic acids is 2. The molecule has 0 saturated carbocycles. The molecule has 0 bridgehead atoms. The first-order chi connectivity index (χ1) is 12.1. The Kier molecular flexibility index (Phi) is 7.53. The summed E-state index contributed by atoms with van der Waals surface area (Å²) in [7, 11) is 1.58. The van der Waals surface area contributed by atoms with Gasteiger partial charge in [0.25, 0.3) is 0 Å². The van der Waals surface area contributed by atoms with Crippen LogP contribution in [0.2, 0.25) is 0 Å². The van der Waals surface area contributed by atoms with Crippen LogP contribution in [-0.4, -0.2) is 44.8 Å². The van der Waals surface area contributed by atoms with Crippen LogP contribution in [0, 0.1) is 0 Å². The number of ether oxygens (including phenoxy) is 2. The van der Waals surface area contributed by atoms with Crippen LogP contribution in [0.4, 0.5) is 4.79 Å². The smallest absolute Gasteiger partial charge is 0.316 e. The second-order valence-electron chi connectivity index (χ2n) is 5.97. The molecule has 3 N–H and O–H groups in total. The fourth-order valence-electron chi connectivity index (χ4n) is 2.79. The number of methoxy groups -OCH3 is 1. The van der Waals surface area contributed by atoms with E-state index >= 15 is 0 Å². The van der Waals surface area contributed by atoms with E-state index in [4.69, 9.17) is 9.47 Å². The lowest BCUT2D eigenvalue weighted by molar-refractivity contribution is -0.122. The molecule has 0 aromatic heterocycles. The lowest BCUT2D eigenvalue weighted by Crippen LogP contribution is -2.50. The number of urea groups is 1. The molecule has 1 saturated heterocycles. The molecule has 7 heteroatoms. The van der Waals surface area contributed by atoms with Gasteiger partial charge in [-0.25, -0.2) is 4.79 Å². The molecule has 138 valence electrons. The van der Waals surface area contributed by atoms with Crippen molar-refractivity contribution in [3.05, 3.63) is 29.8 Å². The average molecular weight is 349 g/mol. The number of hydrogen-bond donors (Lipinski definition) is 3. The molecule has 3 amide bonds. The predicted molar refractivity (Wildman–Crippen MR) is 94.5 cm³/mol. The van der Waals surface area contributed by atoms with Crippen LogP contribution in [0.15, 0.2) is 24.3 Å². The highest BCUT2D eigenvalue weighted by molar-refractivity contribution is 5.87. The predicted octanol–water partition coefficient (Wildman–Crippen LogP) is 1.74. The van der Waals surface area contributed by atoms with Gasteiger partial charge in [-0.1, -0.05) is 12.1 Å². The van der Waals surface area contributed by atoms with Crippen LogP contribution < -0.4 is 20.7 Å². The molecule has 25 heavy (non-hydrogen) atoms. The third-order valence-electron chi connectivity index (χ3n) is 4.07. The van der Waals surface area contributed by atoms with Gasteiger partial charge in [0.2, 0.25) is 5.91 Å². The number of rotatable bonds is 7. The first-order valence-corrected chi connectivity index (χ1v) is 8.70. The number of carbonyl (C=O) groups is 2.